The second-order valence-electron chi connectivity index (χ2n) is 5.35. The maximum atomic E-state index is 5.71. The summed E-state index contributed by atoms with van der Waals surface area (Å²) < 4.78 is 1.15. The van der Waals surface area contributed by atoms with E-state index in [0.29, 0.717) is 5.92 Å². The Labute approximate surface area is 112 Å². The molecule has 1 unspecified atom stereocenters. The minimum absolute atomic E-state index is 0.208. The minimum Gasteiger partial charge on any atom is -0.366 e. The molecule has 94 valence electrons. The van der Waals surface area contributed by atoms with Crippen LogP contribution in [0.3, 0.4) is 0 Å². The molecular weight excluding hydrogens is 276 g/mol. The fourth-order valence-corrected chi connectivity index (χ4v) is 3.34. The van der Waals surface area contributed by atoms with Crippen molar-refractivity contribution >= 4 is 21.6 Å². The summed E-state index contributed by atoms with van der Waals surface area (Å²) >= 11 is 3.55. The number of anilines is 1. The number of halogens is 1. The van der Waals surface area contributed by atoms with Crippen LogP contribution in [0.1, 0.15) is 26.7 Å². The summed E-state index contributed by atoms with van der Waals surface area (Å²) in [7, 11) is 0. The van der Waals surface area contributed by atoms with Crippen molar-refractivity contribution < 1.29 is 0 Å². The average Bonchev–Trinajstić information content (AvgIpc) is 2.55. The summed E-state index contributed by atoms with van der Waals surface area (Å²) in [4.78, 5) is 2.51. The normalized spacial score (nSPS) is 23.1. The summed E-state index contributed by atoms with van der Waals surface area (Å²) in [6.07, 6.45) is 2.37. The third-order valence-electron chi connectivity index (χ3n) is 4.03. The van der Waals surface area contributed by atoms with Crippen LogP contribution < -0.4 is 10.6 Å². The van der Waals surface area contributed by atoms with Crippen molar-refractivity contribution in [2.45, 2.75) is 32.2 Å². The Morgan fingerprint density at radius 1 is 1.47 bits per heavy atom. The van der Waals surface area contributed by atoms with Gasteiger partial charge in [0.2, 0.25) is 0 Å². The maximum absolute atomic E-state index is 5.71. The minimum atomic E-state index is 0.208. The molecule has 0 saturated carbocycles. The first-order valence-electron chi connectivity index (χ1n) is 6.29. The lowest BCUT2D eigenvalue weighted by Crippen LogP contribution is -2.43. The Bertz CT molecular complexity index is 390. The van der Waals surface area contributed by atoms with Crippen molar-refractivity contribution in [2.24, 2.45) is 11.7 Å². The molecule has 1 atom stereocenters. The Morgan fingerprint density at radius 3 is 2.88 bits per heavy atom. The lowest BCUT2D eigenvalue weighted by atomic mass is 9.85. The van der Waals surface area contributed by atoms with E-state index < -0.39 is 0 Å². The Kier molecular flexibility index (Phi) is 3.79. The summed E-state index contributed by atoms with van der Waals surface area (Å²) in [6.45, 7) is 6.59. The van der Waals surface area contributed by atoms with E-state index in [1.54, 1.807) is 0 Å². The van der Waals surface area contributed by atoms with Crippen LogP contribution in [-0.2, 0) is 0 Å². The largest absolute Gasteiger partial charge is 0.366 e. The van der Waals surface area contributed by atoms with Gasteiger partial charge in [-0.05, 0) is 57.4 Å². The van der Waals surface area contributed by atoms with Crippen LogP contribution in [0.25, 0.3) is 0 Å². The molecule has 0 radical (unpaired) electrons. The van der Waals surface area contributed by atoms with Crippen LogP contribution in [0.5, 0.6) is 0 Å². The smallest absolute Gasteiger partial charge is 0.0382 e. The zero-order valence-corrected chi connectivity index (χ0v) is 12.2. The van der Waals surface area contributed by atoms with Gasteiger partial charge in [0, 0.05) is 22.2 Å². The molecule has 1 heterocycles. The Morgan fingerprint density at radius 2 is 2.24 bits per heavy atom. The highest BCUT2D eigenvalue weighted by Crippen LogP contribution is 2.40. The maximum Gasteiger partial charge on any atom is 0.0382 e. The van der Waals surface area contributed by atoms with Gasteiger partial charge in [-0.15, -0.1) is 0 Å². The first-order chi connectivity index (χ1) is 8.05. The van der Waals surface area contributed by atoms with E-state index in [-0.39, 0.29) is 5.54 Å². The highest BCUT2D eigenvalue weighted by Gasteiger charge is 2.40. The standard InChI is InChI=1S/C14H21BrN2/c1-14(2)11(6-8-16)7-9-17(14)13-5-3-4-12(15)10-13/h3-5,10-11H,6-9,16H2,1-2H3. The molecule has 2 rings (SSSR count). The van der Waals surface area contributed by atoms with Crippen molar-refractivity contribution in [3.63, 3.8) is 0 Å². The number of nitrogens with zero attached hydrogens (tertiary/aromatic N) is 1. The highest BCUT2D eigenvalue weighted by atomic mass is 79.9. The monoisotopic (exact) mass is 296 g/mol. The molecule has 0 amide bonds. The molecule has 1 aliphatic rings. The van der Waals surface area contributed by atoms with E-state index in [4.69, 9.17) is 5.73 Å². The van der Waals surface area contributed by atoms with E-state index in [9.17, 15) is 0 Å². The molecule has 0 aliphatic carbocycles. The second kappa shape index (κ2) is 4.99. The first-order valence-corrected chi connectivity index (χ1v) is 7.08. The molecule has 0 spiro atoms. The third kappa shape index (κ3) is 2.50. The predicted molar refractivity (Wildman–Crippen MR) is 77.3 cm³/mol. The topological polar surface area (TPSA) is 29.3 Å². The summed E-state index contributed by atoms with van der Waals surface area (Å²) in [5.41, 5.74) is 7.23. The number of rotatable bonds is 3. The van der Waals surface area contributed by atoms with Gasteiger partial charge in [0.15, 0.2) is 0 Å². The molecule has 2 nitrogen and oxygen atoms in total. The molecule has 0 aromatic heterocycles. The molecule has 17 heavy (non-hydrogen) atoms. The van der Waals surface area contributed by atoms with Crippen molar-refractivity contribution in [2.75, 3.05) is 18.0 Å². The van der Waals surface area contributed by atoms with Crippen molar-refractivity contribution in [3.8, 4) is 0 Å². The fraction of sp³-hybridized carbons (Fsp3) is 0.571. The number of hydrogen-bond acceptors (Lipinski definition) is 2. The zero-order valence-electron chi connectivity index (χ0n) is 10.6. The summed E-state index contributed by atoms with van der Waals surface area (Å²) in [5.74, 6) is 0.700. The Balaban J connectivity index is 2.23. The number of benzene rings is 1. The SMILES string of the molecule is CC1(C)C(CCN)CCN1c1cccc(Br)c1. The van der Waals surface area contributed by atoms with Gasteiger partial charge >= 0.3 is 0 Å². The molecule has 2 N–H and O–H groups in total. The van der Waals surface area contributed by atoms with Gasteiger partial charge < -0.3 is 10.6 Å². The first kappa shape index (κ1) is 12.9. The van der Waals surface area contributed by atoms with Gasteiger partial charge in [0.25, 0.3) is 0 Å². The van der Waals surface area contributed by atoms with Gasteiger partial charge in [0.1, 0.15) is 0 Å². The third-order valence-corrected chi connectivity index (χ3v) is 4.52. The van der Waals surface area contributed by atoms with Gasteiger partial charge in [0.05, 0.1) is 0 Å². The van der Waals surface area contributed by atoms with Crippen molar-refractivity contribution in [1.29, 1.82) is 0 Å². The van der Waals surface area contributed by atoms with Crippen molar-refractivity contribution in [3.05, 3.63) is 28.7 Å². The van der Waals surface area contributed by atoms with Crippen LogP contribution >= 0.6 is 15.9 Å². The number of nitrogens with two attached hydrogens (primary N) is 1. The Hall–Kier alpha value is -0.540. The van der Waals surface area contributed by atoms with E-state index in [0.717, 1.165) is 24.0 Å². The van der Waals surface area contributed by atoms with Crippen LogP contribution in [-0.4, -0.2) is 18.6 Å². The quantitative estimate of drug-likeness (QED) is 0.926. The van der Waals surface area contributed by atoms with Gasteiger partial charge in [-0.25, -0.2) is 0 Å². The molecule has 1 fully saturated rings. The predicted octanol–water partition coefficient (Wildman–Crippen LogP) is 3.40. The molecule has 1 aromatic rings. The van der Waals surface area contributed by atoms with E-state index in [2.05, 4.69) is 58.9 Å². The summed E-state index contributed by atoms with van der Waals surface area (Å²) in [6, 6.07) is 8.57. The molecular formula is C14H21BrN2. The van der Waals surface area contributed by atoms with E-state index >= 15 is 0 Å². The lowest BCUT2D eigenvalue weighted by molar-refractivity contribution is 0.349. The lowest BCUT2D eigenvalue weighted by Gasteiger charge is -2.38. The van der Waals surface area contributed by atoms with Crippen LogP contribution in [0, 0.1) is 5.92 Å². The van der Waals surface area contributed by atoms with Gasteiger partial charge in [-0.3, -0.25) is 0 Å². The van der Waals surface area contributed by atoms with E-state index in [1.165, 1.54) is 12.1 Å². The van der Waals surface area contributed by atoms with Crippen LogP contribution in [0.15, 0.2) is 28.7 Å². The molecule has 1 aliphatic heterocycles. The van der Waals surface area contributed by atoms with E-state index in [1.807, 2.05) is 0 Å². The second-order valence-corrected chi connectivity index (χ2v) is 6.26. The van der Waals surface area contributed by atoms with Crippen molar-refractivity contribution in [1.82, 2.24) is 0 Å². The van der Waals surface area contributed by atoms with Gasteiger partial charge in [-0.2, -0.15) is 0 Å². The summed E-state index contributed by atoms with van der Waals surface area (Å²) in [5, 5.41) is 0. The fourth-order valence-electron chi connectivity index (χ4n) is 2.95. The van der Waals surface area contributed by atoms with Crippen LogP contribution in [0.4, 0.5) is 5.69 Å². The highest BCUT2D eigenvalue weighted by molar-refractivity contribution is 9.10. The van der Waals surface area contributed by atoms with Gasteiger partial charge in [-0.1, -0.05) is 22.0 Å². The number of hydrogen-bond donors (Lipinski definition) is 1. The van der Waals surface area contributed by atoms with Crippen LogP contribution in [0.2, 0.25) is 0 Å². The average molecular weight is 297 g/mol. The molecule has 1 aromatic carbocycles. The molecule has 1 saturated heterocycles. The molecule has 0 bridgehead atoms. The molecule has 3 heteroatoms. The zero-order chi connectivity index (χ0) is 12.5.